The van der Waals surface area contributed by atoms with Crippen molar-refractivity contribution in [3.63, 3.8) is 0 Å². The van der Waals surface area contributed by atoms with E-state index in [0.29, 0.717) is 11.4 Å². The van der Waals surface area contributed by atoms with E-state index >= 15 is 0 Å². The zero-order chi connectivity index (χ0) is 13.9. The van der Waals surface area contributed by atoms with Crippen molar-refractivity contribution < 1.29 is 9.90 Å². The number of rotatable bonds is 3. The molecule has 3 rings (SSSR count). The first-order chi connectivity index (χ1) is 9.74. The highest BCUT2D eigenvalue weighted by atomic mass is 16.4. The Morgan fingerprint density at radius 2 is 2.05 bits per heavy atom. The number of carboxylic acid groups (broad SMARTS) is 1. The molecular weight excluding hydrogens is 256 g/mol. The summed E-state index contributed by atoms with van der Waals surface area (Å²) in [5, 5.41) is 16.7. The van der Waals surface area contributed by atoms with Gasteiger partial charge in [-0.25, -0.2) is 9.78 Å². The SMILES string of the molecule is O=C(O)/C=C/c1ccc(-n2nnc3ccccc32)nc1. The summed E-state index contributed by atoms with van der Waals surface area (Å²) < 4.78 is 1.64. The summed E-state index contributed by atoms with van der Waals surface area (Å²) >= 11 is 0. The van der Waals surface area contributed by atoms with Gasteiger partial charge in [-0.05, 0) is 35.9 Å². The molecule has 6 heteroatoms. The molecule has 1 aromatic carbocycles. The highest BCUT2D eigenvalue weighted by Gasteiger charge is 2.06. The molecule has 0 saturated heterocycles. The standard InChI is InChI=1S/C14H10N4O2/c19-14(20)8-6-10-5-7-13(15-9-10)18-12-4-2-1-3-11(12)16-17-18/h1-9H,(H,19,20)/b8-6+. The van der Waals surface area contributed by atoms with Crippen LogP contribution in [0.15, 0.2) is 48.7 Å². The lowest BCUT2D eigenvalue weighted by Gasteiger charge is -2.01. The average molecular weight is 266 g/mol. The highest BCUT2D eigenvalue weighted by molar-refractivity contribution is 5.85. The number of nitrogens with zero attached hydrogens (tertiary/aromatic N) is 4. The minimum Gasteiger partial charge on any atom is -0.478 e. The lowest BCUT2D eigenvalue weighted by atomic mass is 10.2. The van der Waals surface area contributed by atoms with Crippen LogP contribution in [0.3, 0.4) is 0 Å². The van der Waals surface area contributed by atoms with Gasteiger partial charge in [-0.2, -0.15) is 4.68 Å². The van der Waals surface area contributed by atoms with Crippen LogP contribution in [0.1, 0.15) is 5.56 Å². The molecule has 0 atom stereocenters. The molecule has 98 valence electrons. The summed E-state index contributed by atoms with van der Waals surface area (Å²) in [6.45, 7) is 0. The molecule has 0 radical (unpaired) electrons. The number of hydrogen-bond acceptors (Lipinski definition) is 4. The maximum Gasteiger partial charge on any atom is 0.328 e. The highest BCUT2D eigenvalue weighted by Crippen LogP contribution is 2.14. The maximum atomic E-state index is 10.4. The van der Waals surface area contributed by atoms with Crippen LogP contribution >= 0.6 is 0 Å². The van der Waals surface area contributed by atoms with Gasteiger partial charge in [0, 0.05) is 12.3 Å². The van der Waals surface area contributed by atoms with Gasteiger partial charge >= 0.3 is 5.97 Å². The van der Waals surface area contributed by atoms with Gasteiger partial charge in [0.15, 0.2) is 5.82 Å². The molecule has 2 aromatic heterocycles. The number of aliphatic carboxylic acids is 1. The summed E-state index contributed by atoms with van der Waals surface area (Å²) in [6, 6.07) is 11.1. The van der Waals surface area contributed by atoms with Crippen molar-refractivity contribution in [3.05, 3.63) is 54.2 Å². The molecule has 0 bridgehead atoms. The molecule has 1 N–H and O–H groups in total. The Morgan fingerprint density at radius 1 is 1.20 bits per heavy atom. The Balaban J connectivity index is 1.97. The van der Waals surface area contributed by atoms with Crippen molar-refractivity contribution in [2.45, 2.75) is 0 Å². The van der Waals surface area contributed by atoms with Crippen LogP contribution in [0.4, 0.5) is 0 Å². The first kappa shape index (κ1) is 12.0. The van der Waals surface area contributed by atoms with E-state index in [4.69, 9.17) is 5.11 Å². The number of carbonyl (C=O) groups is 1. The van der Waals surface area contributed by atoms with E-state index < -0.39 is 5.97 Å². The van der Waals surface area contributed by atoms with Crippen LogP contribution in [-0.4, -0.2) is 31.1 Å². The first-order valence-electron chi connectivity index (χ1n) is 5.92. The molecule has 0 spiro atoms. The molecule has 0 unspecified atom stereocenters. The first-order valence-corrected chi connectivity index (χ1v) is 5.92. The minimum absolute atomic E-state index is 0.631. The fourth-order valence-electron chi connectivity index (χ4n) is 1.83. The second kappa shape index (κ2) is 4.93. The van der Waals surface area contributed by atoms with Crippen LogP contribution < -0.4 is 0 Å². The molecule has 2 heterocycles. The number of carboxylic acids is 1. The largest absolute Gasteiger partial charge is 0.478 e. The Labute approximate surface area is 114 Å². The van der Waals surface area contributed by atoms with Crippen LogP contribution in [0.25, 0.3) is 22.9 Å². The summed E-state index contributed by atoms with van der Waals surface area (Å²) in [7, 11) is 0. The van der Waals surface area contributed by atoms with E-state index in [9.17, 15) is 4.79 Å². The van der Waals surface area contributed by atoms with Gasteiger partial charge in [-0.3, -0.25) is 0 Å². The van der Waals surface area contributed by atoms with Crippen molar-refractivity contribution in [2.75, 3.05) is 0 Å². The van der Waals surface area contributed by atoms with Crippen molar-refractivity contribution in [3.8, 4) is 5.82 Å². The van der Waals surface area contributed by atoms with Gasteiger partial charge < -0.3 is 5.11 Å². The van der Waals surface area contributed by atoms with Crippen LogP contribution in [0.2, 0.25) is 0 Å². The summed E-state index contributed by atoms with van der Waals surface area (Å²) in [6.07, 6.45) is 4.14. The summed E-state index contributed by atoms with van der Waals surface area (Å²) in [5.41, 5.74) is 2.37. The quantitative estimate of drug-likeness (QED) is 0.732. The van der Waals surface area contributed by atoms with Crippen molar-refractivity contribution in [2.24, 2.45) is 0 Å². The lowest BCUT2D eigenvalue weighted by Crippen LogP contribution is -1.99. The van der Waals surface area contributed by atoms with Crippen LogP contribution in [0.5, 0.6) is 0 Å². The maximum absolute atomic E-state index is 10.4. The predicted molar refractivity (Wildman–Crippen MR) is 73.3 cm³/mol. The normalized spacial score (nSPS) is 11.2. The second-order valence-corrected chi connectivity index (χ2v) is 4.11. The predicted octanol–water partition coefficient (Wildman–Crippen LogP) is 1.91. The molecule has 0 aliphatic rings. The molecular formula is C14H10N4O2. The van der Waals surface area contributed by atoms with Gasteiger partial charge in [0.1, 0.15) is 5.52 Å². The Morgan fingerprint density at radius 3 is 2.80 bits per heavy atom. The number of para-hydroxylation sites is 1. The number of fused-ring (bicyclic) bond motifs is 1. The van der Waals surface area contributed by atoms with E-state index in [1.54, 1.807) is 23.0 Å². The molecule has 0 amide bonds. The zero-order valence-electron chi connectivity index (χ0n) is 10.3. The number of benzene rings is 1. The smallest absolute Gasteiger partial charge is 0.328 e. The zero-order valence-corrected chi connectivity index (χ0v) is 10.3. The minimum atomic E-state index is -0.989. The van der Waals surface area contributed by atoms with E-state index in [-0.39, 0.29) is 0 Å². The third-order valence-electron chi connectivity index (χ3n) is 2.76. The Bertz CT molecular complexity index is 790. The lowest BCUT2D eigenvalue weighted by molar-refractivity contribution is -0.131. The van der Waals surface area contributed by atoms with Gasteiger partial charge in [0.05, 0.1) is 5.52 Å². The van der Waals surface area contributed by atoms with E-state index in [2.05, 4.69) is 15.3 Å². The van der Waals surface area contributed by atoms with Crippen molar-refractivity contribution >= 4 is 23.1 Å². The van der Waals surface area contributed by atoms with Crippen molar-refractivity contribution in [1.29, 1.82) is 0 Å². The molecule has 6 nitrogen and oxygen atoms in total. The molecule has 0 aliphatic heterocycles. The molecule has 0 aliphatic carbocycles. The van der Waals surface area contributed by atoms with E-state index in [1.807, 2.05) is 24.3 Å². The molecule has 3 aromatic rings. The fraction of sp³-hybridized carbons (Fsp3) is 0. The van der Waals surface area contributed by atoms with E-state index in [1.165, 1.54) is 6.08 Å². The third kappa shape index (κ3) is 2.26. The van der Waals surface area contributed by atoms with Gasteiger partial charge in [-0.15, -0.1) is 5.10 Å². The van der Waals surface area contributed by atoms with Gasteiger partial charge in [-0.1, -0.05) is 17.3 Å². The summed E-state index contributed by atoms with van der Waals surface area (Å²) in [5.74, 6) is -0.359. The number of hydrogen-bond donors (Lipinski definition) is 1. The van der Waals surface area contributed by atoms with Gasteiger partial charge in [0.2, 0.25) is 0 Å². The van der Waals surface area contributed by atoms with Crippen LogP contribution in [0, 0.1) is 0 Å². The average Bonchev–Trinajstić information content (AvgIpc) is 2.89. The monoisotopic (exact) mass is 266 g/mol. The van der Waals surface area contributed by atoms with Crippen LogP contribution in [-0.2, 0) is 4.79 Å². The molecule has 0 saturated carbocycles. The second-order valence-electron chi connectivity index (χ2n) is 4.11. The Kier molecular flexibility index (Phi) is 2.96. The molecule has 0 fully saturated rings. The summed E-state index contributed by atoms with van der Waals surface area (Å²) in [4.78, 5) is 14.7. The van der Waals surface area contributed by atoms with Gasteiger partial charge in [0.25, 0.3) is 0 Å². The van der Waals surface area contributed by atoms with Crippen molar-refractivity contribution in [1.82, 2.24) is 20.0 Å². The fourth-order valence-corrected chi connectivity index (χ4v) is 1.83. The topological polar surface area (TPSA) is 80.9 Å². The van der Waals surface area contributed by atoms with E-state index in [0.717, 1.165) is 17.1 Å². The number of aromatic nitrogens is 4. The Hall–Kier alpha value is -3.02. The third-order valence-corrected chi connectivity index (χ3v) is 2.76. The molecule has 20 heavy (non-hydrogen) atoms. The number of pyridine rings is 1.